The number of fused-ring (bicyclic) bond motifs is 1. The number of thiazole rings is 1. The van der Waals surface area contributed by atoms with Crippen molar-refractivity contribution in [1.29, 1.82) is 0 Å². The number of aromatic nitrogens is 3. The van der Waals surface area contributed by atoms with Crippen LogP contribution in [0.5, 0.6) is 0 Å². The molecule has 0 spiro atoms. The maximum atomic E-state index is 12.3. The normalized spacial score (nSPS) is 17.8. The van der Waals surface area contributed by atoms with Crippen LogP contribution in [-0.2, 0) is 7.05 Å². The number of nitrogens with one attached hydrogen (secondary N) is 1. The largest absolute Gasteiger partial charge is 0.346 e. The molecule has 6 nitrogen and oxygen atoms in total. The second-order valence-electron chi connectivity index (χ2n) is 6.29. The van der Waals surface area contributed by atoms with Crippen LogP contribution in [0.1, 0.15) is 23.3 Å². The molecule has 1 aliphatic heterocycles. The van der Waals surface area contributed by atoms with E-state index in [0.29, 0.717) is 5.69 Å². The van der Waals surface area contributed by atoms with E-state index in [-0.39, 0.29) is 11.9 Å². The van der Waals surface area contributed by atoms with Crippen LogP contribution in [0.2, 0.25) is 0 Å². The molecule has 130 valence electrons. The molecule has 1 atom stereocenters. The number of aryl methyl sites for hydroxylation is 1. The summed E-state index contributed by atoms with van der Waals surface area (Å²) in [5.41, 5.74) is 1.48. The lowest BCUT2D eigenvalue weighted by atomic mass is 10.1. The molecule has 3 heterocycles. The molecule has 1 amide bonds. The fourth-order valence-electron chi connectivity index (χ4n) is 3.08. The zero-order valence-corrected chi connectivity index (χ0v) is 16.2. The van der Waals surface area contributed by atoms with E-state index in [9.17, 15) is 4.79 Å². The lowest BCUT2D eigenvalue weighted by molar-refractivity contribution is 0.0928. The van der Waals surface area contributed by atoms with Gasteiger partial charge in [0.25, 0.3) is 5.91 Å². The Balaban J connectivity index is 1.47. The standard InChI is InChI=1S/C17H18BrN5OS/c1-22-9-14(19-10-22)16(24)20-12-3-2-6-23(8-12)17-21-13-5-4-11(18)7-15(13)25-17/h4-5,7,9-10,12H,2-3,6,8H2,1H3,(H,20,24). The minimum Gasteiger partial charge on any atom is -0.346 e. The molecule has 0 bridgehead atoms. The van der Waals surface area contributed by atoms with Gasteiger partial charge in [-0.3, -0.25) is 4.79 Å². The third-order valence-electron chi connectivity index (χ3n) is 4.30. The maximum absolute atomic E-state index is 12.3. The third-order valence-corrected chi connectivity index (χ3v) is 5.88. The van der Waals surface area contributed by atoms with Crippen molar-refractivity contribution in [3.8, 4) is 0 Å². The van der Waals surface area contributed by atoms with E-state index < -0.39 is 0 Å². The summed E-state index contributed by atoms with van der Waals surface area (Å²) in [6, 6.07) is 6.25. The Labute approximate surface area is 158 Å². The minimum absolute atomic E-state index is 0.110. The van der Waals surface area contributed by atoms with Crippen molar-refractivity contribution in [3.63, 3.8) is 0 Å². The molecule has 0 saturated carbocycles. The van der Waals surface area contributed by atoms with Gasteiger partial charge < -0.3 is 14.8 Å². The number of carbonyl (C=O) groups is 1. The highest BCUT2D eigenvalue weighted by atomic mass is 79.9. The van der Waals surface area contributed by atoms with Gasteiger partial charge in [0.2, 0.25) is 0 Å². The van der Waals surface area contributed by atoms with Gasteiger partial charge in [0.15, 0.2) is 5.13 Å². The number of carbonyl (C=O) groups excluding carboxylic acids is 1. The van der Waals surface area contributed by atoms with Gasteiger partial charge in [-0.1, -0.05) is 27.3 Å². The van der Waals surface area contributed by atoms with Crippen LogP contribution < -0.4 is 10.2 Å². The van der Waals surface area contributed by atoms with Crippen molar-refractivity contribution >= 4 is 48.5 Å². The molecule has 1 saturated heterocycles. The van der Waals surface area contributed by atoms with E-state index in [1.54, 1.807) is 28.4 Å². The topological polar surface area (TPSA) is 63.1 Å². The van der Waals surface area contributed by atoms with Gasteiger partial charge in [-0.15, -0.1) is 0 Å². The molecule has 1 aliphatic rings. The van der Waals surface area contributed by atoms with Crippen molar-refractivity contribution in [2.24, 2.45) is 7.05 Å². The zero-order valence-electron chi connectivity index (χ0n) is 13.8. The summed E-state index contributed by atoms with van der Waals surface area (Å²) in [7, 11) is 1.86. The molecular weight excluding hydrogens is 402 g/mol. The Bertz CT molecular complexity index is 921. The number of benzene rings is 1. The van der Waals surface area contributed by atoms with Crippen LogP contribution >= 0.6 is 27.3 Å². The molecule has 1 fully saturated rings. The summed E-state index contributed by atoms with van der Waals surface area (Å²) in [6.07, 6.45) is 5.39. The van der Waals surface area contributed by atoms with E-state index in [1.807, 2.05) is 19.2 Å². The molecule has 3 aromatic rings. The third kappa shape index (κ3) is 3.55. The lowest BCUT2D eigenvalue weighted by Gasteiger charge is -2.32. The van der Waals surface area contributed by atoms with Crippen molar-refractivity contribution in [2.45, 2.75) is 18.9 Å². The first kappa shape index (κ1) is 16.5. The molecule has 4 rings (SSSR count). The summed E-state index contributed by atoms with van der Waals surface area (Å²) in [5.74, 6) is -0.110. The highest BCUT2D eigenvalue weighted by molar-refractivity contribution is 9.10. The van der Waals surface area contributed by atoms with E-state index in [0.717, 1.165) is 41.1 Å². The highest BCUT2D eigenvalue weighted by Crippen LogP contribution is 2.32. The summed E-state index contributed by atoms with van der Waals surface area (Å²) in [4.78, 5) is 23.5. The SMILES string of the molecule is Cn1cnc(C(=O)NC2CCCN(c3nc4ccc(Br)cc4s3)C2)c1. The van der Waals surface area contributed by atoms with Gasteiger partial charge in [-0.2, -0.15) is 0 Å². The highest BCUT2D eigenvalue weighted by Gasteiger charge is 2.24. The monoisotopic (exact) mass is 419 g/mol. The number of rotatable bonds is 3. The van der Waals surface area contributed by atoms with Crippen LogP contribution in [0.4, 0.5) is 5.13 Å². The van der Waals surface area contributed by atoms with E-state index >= 15 is 0 Å². The Kier molecular flexibility index (Phi) is 4.47. The molecular formula is C17H18BrN5OS. The van der Waals surface area contributed by atoms with E-state index in [1.165, 1.54) is 4.70 Å². The number of amides is 1. The molecule has 8 heteroatoms. The second kappa shape index (κ2) is 6.76. The number of nitrogens with zero attached hydrogens (tertiary/aromatic N) is 4. The lowest BCUT2D eigenvalue weighted by Crippen LogP contribution is -2.47. The van der Waals surface area contributed by atoms with Crippen LogP contribution in [0.3, 0.4) is 0 Å². The van der Waals surface area contributed by atoms with Gasteiger partial charge in [0, 0.05) is 36.8 Å². The first-order valence-electron chi connectivity index (χ1n) is 8.18. The number of hydrogen-bond donors (Lipinski definition) is 1. The Morgan fingerprint density at radius 1 is 1.44 bits per heavy atom. The molecule has 0 radical (unpaired) electrons. The molecule has 25 heavy (non-hydrogen) atoms. The van der Waals surface area contributed by atoms with Crippen LogP contribution in [-0.4, -0.2) is 39.6 Å². The number of piperidine rings is 1. The zero-order chi connectivity index (χ0) is 17.4. The van der Waals surface area contributed by atoms with E-state index in [2.05, 4.69) is 37.2 Å². The van der Waals surface area contributed by atoms with Crippen molar-refractivity contribution in [2.75, 3.05) is 18.0 Å². The number of anilines is 1. The maximum Gasteiger partial charge on any atom is 0.271 e. The summed E-state index contributed by atoms with van der Waals surface area (Å²) in [5, 5.41) is 4.12. The first-order valence-corrected chi connectivity index (χ1v) is 9.79. The molecule has 0 aliphatic carbocycles. The number of halogens is 1. The van der Waals surface area contributed by atoms with Crippen molar-refractivity contribution < 1.29 is 4.79 Å². The van der Waals surface area contributed by atoms with Crippen LogP contribution in [0.25, 0.3) is 10.2 Å². The second-order valence-corrected chi connectivity index (χ2v) is 8.22. The van der Waals surface area contributed by atoms with Crippen LogP contribution in [0, 0.1) is 0 Å². The van der Waals surface area contributed by atoms with Gasteiger partial charge in [0.05, 0.1) is 16.5 Å². The Morgan fingerprint density at radius 3 is 3.12 bits per heavy atom. The average Bonchev–Trinajstić information content (AvgIpc) is 3.21. The Hall–Kier alpha value is -1.93. The average molecular weight is 420 g/mol. The first-order chi connectivity index (χ1) is 12.1. The predicted molar refractivity (Wildman–Crippen MR) is 103 cm³/mol. The fourth-order valence-corrected chi connectivity index (χ4v) is 4.63. The van der Waals surface area contributed by atoms with Gasteiger partial charge >= 0.3 is 0 Å². The molecule has 1 aromatic carbocycles. The Morgan fingerprint density at radius 2 is 2.32 bits per heavy atom. The molecule has 2 aromatic heterocycles. The van der Waals surface area contributed by atoms with Crippen molar-refractivity contribution in [3.05, 3.63) is 40.9 Å². The minimum atomic E-state index is -0.110. The van der Waals surface area contributed by atoms with E-state index in [4.69, 9.17) is 4.98 Å². The van der Waals surface area contributed by atoms with Gasteiger partial charge in [-0.25, -0.2) is 9.97 Å². The summed E-state index contributed by atoms with van der Waals surface area (Å²) < 4.78 is 4.01. The smallest absolute Gasteiger partial charge is 0.271 e. The van der Waals surface area contributed by atoms with Gasteiger partial charge in [-0.05, 0) is 31.0 Å². The van der Waals surface area contributed by atoms with Crippen LogP contribution in [0.15, 0.2) is 35.2 Å². The number of imidazole rings is 1. The summed E-state index contributed by atoms with van der Waals surface area (Å²) in [6.45, 7) is 1.75. The number of hydrogen-bond acceptors (Lipinski definition) is 5. The summed E-state index contributed by atoms with van der Waals surface area (Å²) >= 11 is 5.20. The molecule has 1 unspecified atom stereocenters. The quantitative estimate of drug-likeness (QED) is 0.707. The predicted octanol–water partition coefficient (Wildman–Crippen LogP) is 3.19. The van der Waals surface area contributed by atoms with Crippen molar-refractivity contribution in [1.82, 2.24) is 19.9 Å². The molecule has 1 N–H and O–H groups in total. The fraction of sp³-hybridized carbons (Fsp3) is 0.353. The van der Waals surface area contributed by atoms with Gasteiger partial charge in [0.1, 0.15) is 5.69 Å².